The second-order valence-corrected chi connectivity index (χ2v) is 10.5. The van der Waals surface area contributed by atoms with Crippen molar-refractivity contribution in [2.45, 2.75) is 19.2 Å². The number of guanidine groups is 1. The first-order chi connectivity index (χ1) is 13.5. The van der Waals surface area contributed by atoms with Crippen molar-refractivity contribution in [3.05, 3.63) is 35.1 Å². The molecule has 10 heteroatoms. The molecule has 6 nitrogen and oxygen atoms in total. The van der Waals surface area contributed by atoms with E-state index in [0.29, 0.717) is 38.7 Å². The summed E-state index contributed by atoms with van der Waals surface area (Å²) in [5, 5.41) is 6.23. The summed E-state index contributed by atoms with van der Waals surface area (Å²) in [7, 11) is -3.25. The molecule has 0 bridgehead atoms. The zero-order valence-corrected chi connectivity index (χ0v) is 18.9. The lowest BCUT2D eigenvalue weighted by atomic mass is 10.1. The Morgan fingerprint density at radius 2 is 2.04 bits per heavy atom. The van der Waals surface area contributed by atoms with Crippen LogP contribution < -0.4 is 10.6 Å². The first-order valence-corrected chi connectivity index (χ1v) is 13.5. The highest BCUT2D eigenvalue weighted by molar-refractivity contribution is 7.99. The number of hydrogen-bond donors (Lipinski definition) is 2. The number of nitrogens with zero attached hydrogens (tertiary/aromatic N) is 2. The van der Waals surface area contributed by atoms with E-state index < -0.39 is 10.0 Å². The molecule has 1 aromatic carbocycles. The molecule has 158 valence electrons. The molecule has 2 N–H and O–H groups in total. The van der Waals surface area contributed by atoms with Gasteiger partial charge in [0.15, 0.2) is 5.96 Å². The lowest BCUT2D eigenvalue weighted by Crippen LogP contribution is -2.44. The fraction of sp³-hybridized carbons (Fsp3) is 0.611. The van der Waals surface area contributed by atoms with Crippen LogP contribution in [-0.4, -0.2) is 68.4 Å². The van der Waals surface area contributed by atoms with Crippen LogP contribution in [-0.2, 0) is 22.3 Å². The summed E-state index contributed by atoms with van der Waals surface area (Å²) < 4.78 is 39.9. The molecule has 0 amide bonds. The summed E-state index contributed by atoms with van der Waals surface area (Å²) in [6, 6.07) is 4.75. The third-order valence-corrected chi connectivity index (χ3v) is 7.65. The van der Waals surface area contributed by atoms with Crippen LogP contribution in [0.15, 0.2) is 23.2 Å². The maximum Gasteiger partial charge on any atom is 0.215 e. The number of nitrogens with one attached hydrogen (secondary N) is 2. The molecular weight excluding hydrogens is 419 g/mol. The summed E-state index contributed by atoms with van der Waals surface area (Å²) >= 11 is 3.42. The summed E-state index contributed by atoms with van der Waals surface area (Å²) in [6.07, 6.45) is 1.98. The smallest absolute Gasteiger partial charge is 0.215 e. The molecule has 1 aromatic rings. The molecule has 28 heavy (non-hydrogen) atoms. The van der Waals surface area contributed by atoms with Crippen LogP contribution in [0.5, 0.6) is 0 Å². The van der Waals surface area contributed by atoms with E-state index in [0.717, 1.165) is 28.4 Å². The molecule has 0 aliphatic carbocycles. The third-order valence-electron chi connectivity index (χ3n) is 4.24. The minimum Gasteiger partial charge on any atom is -0.357 e. The maximum absolute atomic E-state index is 13.5. The molecule has 0 radical (unpaired) electrons. The predicted molar refractivity (Wildman–Crippen MR) is 119 cm³/mol. The number of benzene rings is 1. The van der Waals surface area contributed by atoms with Crippen molar-refractivity contribution < 1.29 is 12.8 Å². The first kappa shape index (κ1) is 23.3. The van der Waals surface area contributed by atoms with Gasteiger partial charge in [-0.1, -0.05) is 6.07 Å². The normalized spacial score (nSPS) is 16.2. The van der Waals surface area contributed by atoms with Gasteiger partial charge < -0.3 is 10.6 Å². The maximum atomic E-state index is 13.5. The third kappa shape index (κ3) is 7.46. The van der Waals surface area contributed by atoms with Crippen LogP contribution in [0.1, 0.15) is 18.1 Å². The van der Waals surface area contributed by atoms with Gasteiger partial charge in [-0.15, -0.1) is 0 Å². The van der Waals surface area contributed by atoms with Crippen molar-refractivity contribution in [2.75, 3.05) is 49.7 Å². The molecule has 1 saturated heterocycles. The lowest BCUT2D eigenvalue weighted by Gasteiger charge is -2.25. The second kappa shape index (κ2) is 11.9. The van der Waals surface area contributed by atoms with Gasteiger partial charge in [-0.05, 0) is 36.4 Å². The number of rotatable bonds is 9. The zero-order valence-electron chi connectivity index (χ0n) is 16.4. The van der Waals surface area contributed by atoms with Gasteiger partial charge >= 0.3 is 0 Å². The topological polar surface area (TPSA) is 73.8 Å². The molecule has 0 unspecified atom stereocenters. The van der Waals surface area contributed by atoms with Crippen molar-refractivity contribution in [3.8, 4) is 0 Å². The number of halogens is 1. The largest absolute Gasteiger partial charge is 0.357 e. The van der Waals surface area contributed by atoms with Crippen molar-refractivity contribution in [2.24, 2.45) is 4.99 Å². The average molecular weight is 449 g/mol. The van der Waals surface area contributed by atoms with Gasteiger partial charge in [-0.25, -0.2) is 22.1 Å². The fourth-order valence-electron chi connectivity index (χ4n) is 2.80. The van der Waals surface area contributed by atoms with Crippen molar-refractivity contribution in [1.29, 1.82) is 0 Å². The molecule has 0 spiro atoms. The molecular formula is C18H29FN4O2S3. The van der Waals surface area contributed by atoms with Gasteiger partial charge in [-0.3, -0.25) is 0 Å². The van der Waals surface area contributed by atoms with Gasteiger partial charge in [0.2, 0.25) is 10.0 Å². The van der Waals surface area contributed by atoms with Gasteiger partial charge in [0.1, 0.15) is 5.82 Å². The fourth-order valence-corrected chi connectivity index (χ4v) is 5.87. The standard InChI is InChI=1S/C18H29FN4O2S3/c1-3-20-18(21-6-11-28(24,25)23-7-9-27-10-8-23)22-13-15-4-5-17(19)12-16(15)14-26-2/h4-5,12H,3,6-11,13-14H2,1-2H3,(H2,20,21,22). The van der Waals surface area contributed by atoms with Gasteiger partial charge in [0, 0.05) is 43.4 Å². The summed E-state index contributed by atoms with van der Waals surface area (Å²) in [5.74, 6) is 2.78. The highest BCUT2D eigenvalue weighted by Crippen LogP contribution is 2.17. The summed E-state index contributed by atoms with van der Waals surface area (Å²) in [4.78, 5) is 4.54. The van der Waals surface area contributed by atoms with Crippen LogP contribution in [0, 0.1) is 5.82 Å². The Morgan fingerprint density at radius 1 is 1.29 bits per heavy atom. The molecule has 1 heterocycles. The Labute approximate surface area is 176 Å². The SMILES string of the molecule is CCNC(=NCc1ccc(F)cc1CSC)NCCS(=O)(=O)N1CCSCC1. The van der Waals surface area contributed by atoms with Gasteiger partial charge in [0.25, 0.3) is 0 Å². The Bertz CT molecular complexity index is 753. The minimum absolute atomic E-state index is 0.0380. The molecule has 1 fully saturated rings. The highest BCUT2D eigenvalue weighted by Gasteiger charge is 2.23. The summed E-state index contributed by atoms with van der Waals surface area (Å²) in [6.45, 7) is 4.49. The molecule has 1 aliphatic rings. The Balaban J connectivity index is 1.95. The van der Waals surface area contributed by atoms with Crippen LogP contribution in [0.25, 0.3) is 0 Å². The van der Waals surface area contributed by atoms with Crippen LogP contribution in [0.3, 0.4) is 0 Å². The van der Waals surface area contributed by atoms with E-state index in [-0.39, 0.29) is 11.6 Å². The monoisotopic (exact) mass is 448 g/mol. The Morgan fingerprint density at radius 3 is 2.71 bits per heavy atom. The number of thioether (sulfide) groups is 2. The number of hydrogen-bond acceptors (Lipinski definition) is 5. The van der Waals surface area contributed by atoms with Crippen LogP contribution >= 0.6 is 23.5 Å². The molecule has 0 atom stereocenters. The second-order valence-electron chi connectivity index (χ2n) is 6.30. The number of sulfonamides is 1. The highest BCUT2D eigenvalue weighted by atomic mass is 32.2. The van der Waals surface area contributed by atoms with E-state index in [1.165, 1.54) is 6.07 Å². The van der Waals surface area contributed by atoms with Crippen LogP contribution in [0.4, 0.5) is 4.39 Å². The van der Waals surface area contributed by atoms with E-state index >= 15 is 0 Å². The van der Waals surface area contributed by atoms with Gasteiger partial charge in [-0.2, -0.15) is 23.5 Å². The molecule has 2 rings (SSSR count). The van der Waals surface area contributed by atoms with E-state index in [1.54, 1.807) is 40.0 Å². The van der Waals surface area contributed by atoms with Crippen molar-refractivity contribution in [1.82, 2.24) is 14.9 Å². The molecule has 0 saturated carbocycles. The first-order valence-electron chi connectivity index (χ1n) is 9.30. The minimum atomic E-state index is -3.25. The van der Waals surface area contributed by atoms with E-state index in [9.17, 15) is 12.8 Å². The molecule has 0 aromatic heterocycles. The van der Waals surface area contributed by atoms with E-state index in [1.807, 2.05) is 13.2 Å². The quantitative estimate of drug-likeness (QED) is 0.445. The lowest BCUT2D eigenvalue weighted by molar-refractivity contribution is 0.443. The van der Waals surface area contributed by atoms with E-state index in [4.69, 9.17) is 0 Å². The van der Waals surface area contributed by atoms with E-state index in [2.05, 4.69) is 15.6 Å². The Kier molecular flexibility index (Phi) is 9.90. The van der Waals surface area contributed by atoms with Crippen molar-refractivity contribution >= 4 is 39.5 Å². The van der Waals surface area contributed by atoms with Crippen LogP contribution in [0.2, 0.25) is 0 Å². The predicted octanol–water partition coefficient (Wildman–Crippen LogP) is 2.12. The molecule has 1 aliphatic heterocycles. The zero-order chi connectivity index (χ0) is 20.4. The van der Waals surface area contributed by atoms with Crippen molar-refractivity contribution in [3.63, 3.8) is 0 Å². The number of aliphatic imine (C=N–C) groups is 1. The Hall–Kier alpha value is -0.970. The van der Waals surface area contributed by atoms with Gasteiger partial charge in [0.05, 0.1) is 12.3 Å². The summed E-state index contributed by atoms with van der Waals surface area (Å²) in [5.41, 5.74) is 1.89. The average Bonchev–Trinajstić information content (AvgIpc) is 2.68.